The number of rotatable bonds is 0. The number of hydrogen-bond donors (Lipinski definition) is 0. The third-order valence-corrected chi connectivity index (χ3v) is 8.91. The van der Waals surface area contributed by atoms with Gasteiger partial charge in [0.05, 0.1) is 15.1 Å². The third-order valence-electron chi connectivity index (χ3n) is 2.62. The summed E-state index contributed by atoms with van der Waals surface area (Å²) in [6.07, 6.45) is 7.90. The Bertz CT molecular complexity index is 183. The topological polar surface area (TPSA) is 17.1 Å². The molecule has 0 amide bonds. The van der Waals surface area contributed by atoms with Crippen LogP contribution in [0.2, 0.25) is 0 Å². The van der Waals surface area contributed by atoms with Gasteiger partial charge in [-0.2, -0.15) is 0 Å². The molecule has 2 fully saturated rings. The molecule has 0 bridgehead atoms. The molecule has 0 aromatic carbocycles. The van der Waals surface area contributed by atoms with E-state index < -0.39 is 9.83 Å². The Hall–Kier alpha value is 0.850. The summed E-state index contributed by atoms with van der Waals surface area (Å²) in [5.41, 5.74) is 0. The van der Waals surface area contributed by atoms with E-state index in [4.69, 9.17) is 0 Å². The van der Waals surface area contributed by atoms with Crippen molar-refractivity contribution in [2.45, 2.75) is 49.0 Å². The van der Waals surface area contributed by atoms with Gasteiger partial charge in [-0.05, 0) is 12.8 Å². The molecule has 0 radical (unpaired) electrons. The summed E-state index contributed by atoms with van der Waals surface area (Å²) >= 11 is 0. The van der Waals surface area contributed by atoms with Gasteiger partial charge in [-0.3, -0.25) is 0 Å². The quantitative estimate of drug-likeness (QED) is 0.586. The van der Waals surface area contributed by atoms with Crippen LogP contribution in [-0.2, 0) is 9.83 Å². The Kier molecular flexibility index (Phi) is 3.43. The standard InChI is InChI=1S/C8H14OS3/c9-12-8-6-4-2-1-3-5-7(8)10-11-12/h7-8H,1-6H2/t7-,8-,12?/m0/s1. The van der Waals surface area contributed by atoms with Gasteiger partial charge in [0.2, 0.25) is 0 Å². The van der Waals surface area contributed by atoms with Gasteiger partial charge in [-0.15, -0.1) is 0 Å². The van der Waals surface area contributed by atoms with E-state index in [2.05, 4.69) is 0 Å². The first-order valence-corrected chi connectivity index (χ1v) is 8.56. The van der Waals surface area contributed by atoms with Gasteiger partial charge in [0.15, 0.2) is 0 Å². The molecule has 1 heterocycles. The predicted octanol–water partition coefficient (Wildman–Crippen LogP) is 3.14. The number of hydrogen-bond acceptors (Lipinski definition) is 3. The molecule has 4 heteroatoms. The van der Waals surface area contributed by atoms with Crippen molar-refractivity contribution in [3.8, 4) is 0 Å². The highest BCUT2D eigenvalue weighted by molar-refractivity contribution is 9.07. The molecule has 1 nitrogen and oxygen atoms in total. The van der Waals surface area contributed by atoms with Crippen molar-refractivity contribution in [1.82, 2.24) is 0 Å². The van der Waals surface area contributed by atoms with E-state index in [-0.39, 0.29) is 0 Å². The minimum absolute atomic E-state index is 0.514. The van der Waals surface area contributed by atoms with Crippen LogP contribution < -0.4 is 0 Å². The monoisotopic (exact) mass is 222 g/mol. The van der Waals surface area contributed by atoms with Crippen molar-refractivity contribution in [2.75, 3.05) is 0 Å². The van der Waals surface area contributed by atoms with Crippen molar-refractivity contribution in [1.29, 1.82) is 0 Å². The van der Waals surface area contributed by atoms with Gasteiger partial charge < -0.3 is 0 Å². The lowest BCUT2D eigenvalue weighted by Crippen LogP contribution is -2.22. The molecule has 1 saturated heterocycles. The Morgan fingerprint density at radius 2 is 1.83 bits per heavy atom. The molecule has 0 aromatic rings. The fraction of sp³-hybridized carbons (Fsp3) is 1.00. The smallest absolute Gasteiger partial charge is 0.0954 e. The van der Waals surface area contributed by atoms with E-state index in [1.807, 2.05) is 10.8 Å². The molecule has 3 atom stereocenters. The normalized spacial score (nSPS) is 43.2. The third kappa shape index (κ3) is 2.02. The summed E-state index contributed by atoms with van der Waals surface area (Å²) in [6.45, 7) is 0. The van der Waals surface area contributed by atoms with Gasteiger partial charge in [0.1, 0.15) is 0 Å². The minimum Gasteiger partial charge on any atom is -0.247 e. The predicted molar refractivity (Wildman–Crippen MR) is 58.6 cm³/mol. The molecule has 70 valence electrons. The SMILES string of the molecule is O=S1SS[C@H]2CCCCCC[C@@H]21. The van der Waals surface area contributed by atoms with Crippen LogP contribution in [0, 0.1) is 0 Å². The van der Waals surface area contributed by atoms with Crippen LogP contribution in [0.5, 0.6) is 0 Å². The second-order valence-electron chi connectivity index (χ2n) is 3.49. The first-order valence-electron chi connectivity index (χ1n) is 4.62. The fourth-order valence-electron chi connectivity index (χ4n) is 1.89. The van der Waals surface area contributed by atoms with Gasteiger partial charge >= 0.3 is 0 Å². The van der Waals surface area contributed by atoms with Crippen LogP contribution in [0.3, 0.4) is 0 Å². The summed E-state index contributed by atoms with van der Waals surface area (Å²) in [4.78, 5) is 0. The lowest BCUT2D eigenvalue weighted by atomic mass is 10.0. The van der Waals surface area contributed by atoms with Crippen LogP contribution in [-0.4, -0.2) is 14.7 Å². The van der Waals surface area contributed by atoms with Crippen LogP contribution >= 0.6 is 20.6 Å². The second-order valence-corrected chi connectivity index (χ2v) is 8.75. The average Bonchev–Trinajstić information content (AvgIpc) is 2.31. The molecular weight excluding hydrogens is 208 g/mol. The summed E-state index contributed by atoms with van der Waals surface area (Å²) < 4.78 is 11.5. The molecule has 1 unspecified atom stereocenters. The zero-order valence-electron chi connectivity index (χ0n) is 7.03. The van der Waals surface area contributed by atoms with Crippen LogP contribution in [0.1, 0.15) is 38.5 Å². The van der Waals surface area contributed by atoms with Crippen molar-refractivity contribution < 1.29 is 4.21 Å². The summed E-state index contributed by atoms with van der Waals surface area (Å²) in [5.74, 6) is 0. The Balaban J connectivity index is 2.00. The highest BCUT2D eigenvalue weighted by Crippen LogP contribution is 2.47. The van der Waals surface area contributed by atoms with E-state index in [9.17, 15) is 4.21 Å². The van der Waals surface area contributed by atoms with E-state index in [0.29, 0.717) is 10.5 Å². The molecular formula is C8H14OS3. The lowest BCUT2D eigenvalue weighted by molar-refractivity contribution is 0.517. The van der Waals surface area contributed by atoms with Crippen molar-refractivity contribution in [3.63, 3.8) is 0 Å². The van der Waals surface area contributed by atoms with Gasteiger partial charge in [0.25, 0.3) is 0 Å². The summed E-state index contributed by atoms with van der Waals surface area (Å²) in [7, 11) is 2.90. The molecule has 12 heavy (non-hydrogen) atoms. The van der Waals surface area contributed by atoms with Crippen molar-refractivity contribution in [3.05, 3.63) is 0 Å². The lowest BCUT2D eigenvalue weighted by Gasteiger charge is -2.18. The Morgan fingerprint density at radius 1 is 1.08 bits per heavy atom. The molecule has 1 aliphatic carbocycles. The van der Waals surface area contributed by atoms with Crippen molar-refractivity contribution in [2.24, 2.45) is 0 Å². The maximum absolute atomic E-state index is 11.5. The zero-order chi connectivity index (χ0) is 8.39. The maximum Gasteiger partial charge on any atom is 0.0954 e. The first-order chi connectivity index (χ1) is 5.88. The fourth-order valence-corrected chi connectivity index (χ4v) is 9.06. The maximum atomic E-state index is 11.5. The van der Waals surface area contributed by atoms with E-state index in [1.54, 1.807) is 9.83 Å². The molecule has 1 aliphatic heterocycles. The molecule has 0 spiro atoms. The van der Waals surface area contributed by atoms with Gasteiger partial charge in [-0.1, -0.05) is 36.5 Å². The molecule has 2 aliphatic rings. The minimum atomic E-state index is -0.579. The Morgan fingerprint density at radius 3 is 2.67 bits per heavy atom. The van der Waals surface area contributed by atoms with Crippen molar-refractivity contribution >= 4 is 30.5 Å². The van der Waals surface area contributed by atoms with E-state index >= 15 is 0 Å². The van der Waals surface area contributed by atoms with Gasteiger partial charge in [-0.25, -0.2) is 4.21 Å². The highest BCUT2D eigenvalue weighted by Gasteiger charge is 2.35. The molecule has 2 rings (SSSR count). The second kappa shape index (κ2) is 4.38. The average molecular weight is 222 g/mol. The summed E-state index contributed by atoms with van der Waals surface area (Å²) in [5, 5.41) is 1.22. The number of fused-ring (bicyclic) bond motifs is 1. The zero-order valence-corrected chi connectivity index (χ0v) is 9.48. The highest BCUT2D eigenvalue weighted by atomic mass is 33.5. The van der Waals surface area contributed by atoms with E-state index in [1.165, 1.54) is 38.5 Å². The summed E-state index contributed by atoms with van der Waals surface area (Å²) in [6, 6.07) is 0. The Labute approximate surface area is 83.7 Å². The first kappa shape index (κ1) is 9.41. The van der Waals surface area contributed by atoms with Crippen LogP contribution in [0.15, 0.2) is 0 Å². The largest absolute Gasteiger partial charge is 0.247 e. The van der Waals surface area contributed by atoms with E-state index in [0.717, 1.165) is 0 Å². The van der Waals surface area contributed by atoms with Gasteiger partial charge in [0, 0.05) is 15.1 Å². The molecule has 0 N–H and O–H groups in total. The molecule has 0 aromatic heterocycles. The van der Waals surface area contributed by atoms with Crippen LogP contribution in [0.25, 0.3) is 0 Å². The van der Waals surface area contributed by atoms with Crippen LogP contribution in [0.4, 0.5) is 0 Å². The molecule has 1 saturated carbocycles.